The first-order valence-electron chi connectivity index (χ1n) is 7.80. The van der Waals surface area contributed by atoms with Crippen molar-refractivity contribution in [3.05, 3.63) is 29.3 Å². The lowest BCUT2D eigenvalue weighted by Crippen LogP contribution is -2.32. The van der Waals surface area contributed by atoms with Gasteiger partial charge < -0.3 is 19.9 Å². The van der Waals surface area contributed by atoms with E-state index in [4.69, 9.17) is 9.47 Å². The van der Waals surface area contributed by atoms with Crippen molar-refractivity contribution in [1.29, 1.82) is 0 Å². The molecule has 1 rings (SSSR count). The molecule has 4 nitrogen and oxygen atoms in total. The SMILES string of the molecule is CCCOCCCNCC(O)COc1ccc(C)cc1C. The Morgan fingerprint density at radius 2 is 2.05 bits per heavy atom. The van der Waals surface area contributed by atoms with Crippen LogP contribution in [-0.2, 0) is 4.74 Å². The number of aryl methyl sites for hydroxylation is 2. The largest absolute Gasteiger partial charge is 0.491 e. The second kappa shape index (κ2) is 10.6. The van der Waals surface area contributed by atoms with E-state index >= 15 is 0 Å². The number of aliphatic hydroxyl groups is 1. The second-order valence-electron chi connectivity index (χ2n) is 5.40. The van der Waals surface area contributed by atoms with Crippen LogP contribution in [0.1, 0.15) is 30.9 Å². The maximum atomic E-state index is 9.88. The number of rotatable bonds is 11. The van der Waals surface area contributed by atoms with Gasteiger partial charge in [-0.1, -0.05) is 24.6 Å². The highest BCUT2D eigenvalue weighted by Crippen LogP contribution is 2.18. The highest BCUT2D eigenvalue weighted by atomic mass is 16.5. The Kier molecular flexibility index (Phi) is 9.06. The average Bonchev–Trinajstić information content (AvgIpc) is 2.45. The van der Waals surface area contributed by atoms with Gasteiger partial charge in [-0.25, -0.2) is 0 Å². The van der Waals surface area contributed by atoms with Crippen LogP contribution in [0.2, 0.25) is 0 Å². The van der Waals surface area contributed by atoms with Gasteiger partial charge in [0.05, 0.1) is 0 Å². The normalized spacial score (nSPS) is 12.4. The van der Waals surface area contributed by atoms with Gasteiger partial charge >= 0.3 is 0 Å². The van der Waals surface area contributed by atoms with E-state index in [-0.39, 0.29) is 0 Å². The van der Waals surface area contributed by atoms with Crippen molar-refractivity contribution in [2.75, 3.05) is 32.9 Å². The summed E-state index contributed by atoms with van der Waals surface area (Å²) in [5.41, 5.74) is 2.32. The molecule has 1 aromatic carbocycles. The van der Waals surface area contributed by atoms with Gasteiger partial charge in [0.1, 0.15) is 18.5 Å². The van der Waals surface area contributed by atoms with E-state index in [2.05, 4.69) is 25.2 Å². The van der Waals surface area contributed by atoms with Gasteiger partial charge in [-0.2, -0.15) is 0 Å². The zero-order chi connectivity index (χ0) is 15.5. The van der Waals surface area contributed by atoms with E-state index in [1.165, 1.54) is 5.56 Å². The van der Waals surface area contributed by atoms with E-state index in [0.717, 1.165) is 43.9 Å². The molecule has 120 valence electrons. The zero-order valence-electron chi connectivity index (χ0n) is 13.5. The molecule has 1 atom stereocenters. The number of hydrogen-bond donors (Lipinski definition) is 2. The van der Waals surface area contributed by atoms with E-state index in [0.29, 0.717) is 13.2 Å². The topological polar surface area (TPSA) is 50.7 Å². The Labute approximate surface area is 128 Å². The summed E-state index contributed by atoms with van der Waals surface area (Å²) in [6.45, 7) is 9.47. The molecule has 0 fully saturated rings. The molecule has 0 saturated carbocycles. The molecule has 0 spiro atoms. The summed E-state index contributed by atoms with van der Waals surface area (Å²) in [6.07, 6.45) is 1.52. The van der Waals surface area contributed by atoms with Crippen molar-refractivity contribution in [3.63, 3.8) is 0 Å². The van der Waals surface area contributed by atoms with E-state index in [1.807, 2.05) is 19.1 Å². The maximum Gasteiger partial charge on any atom is 0.122 e. The molecule has 0 saturated heterocycles. The monoisotopic (exact) mass is 295 g/mol. The fourth-order valence-electron chi connectivity index (χ4n) is 2.02. The highest BCUT2D eigenvalue weighted by Gasteiger charge is 2.06. The Morgan fingerprint density at radius 1 is 1.24 bits per heavy atom. The van der Waals surface area contributed by atoms with Gasteiger partial charge in [0.2, 0.25) is 0 Å². The first kappa shape index (κ1) is 18.0. The van der Waals surface area contributed by atoms with Crippen LogP contribution >= 0.6 is 0 Å². The lowest BCUT2D eigenvalue weighted by atomic mass is 10.1. The van der Waals surface area contributed by atoms with Crippen LogP contribution in [0.15, 0.2) is 18.2 Å². The predicted octanol–water partition coefficient (Wildman–Crippen LogP) is 2.45. The predicted molar refractivity (Wildman–Crippen MR) is 86.0 cm³/mol. The third-order valence-corrected chi connectivity index (χ3v) is 3.13. The molecule has 0 amide bonds. The third-order valence-electron chi connectivity index (χ3n) is 3.13. The van der Waals surface area contributed by atoms with Crippen molar-refractivity contribution in [2.24, 2.45) is 0 Å². The van der Waals surface area contributed by atoms with Gasteiger partial charge in [0.15, 0.2) is 0 Å². The fraction of sp³-hybridized carbons (Fsp3) is 0.647. The molecule has 0 aliphatic heterocycles. The van der Waals surface area contributed by atoms with Gasteiger partial charge in [0, 0.05) is 19.8 Å². The summed E-state index contributed by atoms with van der Waals surface area (Å²) in [6, 6.07) is 6.05. The Morgan fingerprint density at radius 3 is 2.76 bits per heavy atom. The third kappa shape index (κ3) is 8.05. The molecule has 21 heavy (non-hydrogen) atoms. The number of aliphatic hydroxyl groups excluding tert-OH is 1. The maximum absolute atomic E-state index is 9.88. The van der Waals surface area contributed by atoms with Crippen molar-refractivity contribution >= 4 is 0 Å². The van der Waals surface area contributed by atoms with Crippen LogP contribution in [0.3, 0.4) is 0 Å². The van der Waals surface area contributed by atoms with Crippen molar-refractivity contribution in [1.82, 2.24) is 5.32 Å². The van der Waals surface area contributed by atoms with Crippen molar-refractivity contribution < 1.29 is 14.6 Å². The van der Waals surface area contributed by atoms with Crippen molar-refractivity contribution in [3.8, 4) is 5.75 Å². The Hall–Kier alpha value is -1.10. The summed E-state index contributed by atoms with van der Waals surface area (Å²) in [5, 5.41) is 13.1. The number of benzene rings is 1. The van der Waals surface area contributed by atoms with Crippen LogP contribution in [0.25, 0.3) is 0 Å². The molecule has 0 aliphatic carbocycles. The minimum atomic E-state index is -0.498. The molecule has 1 aromatic rings. The van der Waals surface area contributed by atoms with Crippen molar-refractivity contribution in [2.45, 2.75) is 39.7 Å². The van der Waals surface area contributed by atoms with Crippen LogP contribution < -0.4 is 10.1 Å². The average molecular weight is 295 g/mol. The molecule has 0 bridgehead atoms. The first-order valence-corrected chi connectivity index (χ1v) is 7.80. The number of nitrogens with one attached hydrogen (secondary N) is 1. The molecular weight excluding hydrogens is 266 g/mol. The van der Waals surface area contributed by atoms with E-state index in [1.54, 1.807) is 0 Å². The highest BCUT2D eigenvalue weighted by molar-refractivity contribution is 5.35. The molecule has 0 aliphatic rings. The number of hydrogen-bond acceptors (Lipinski definition) is 4. The molecule has 1 unspecified atom stereocenters. The van der Waals surface area contributed by atoms with Gasteiger partial charge in [-0.15, -0.1) is 0 Å². The zero-order valence-corrected chi connectivity index (χ0v) is 13.5. The fourth-order valence-corrected chi connectivity index (χ4v) is 2.02. The molecule has 0 radical (unpaired) electrons. The quantitative estimate of drug-likeness (QED) is 0.616. The molecule has 4 heteroatoms. The number of ether oxygens (including phenoxy) is 2. The second-order valence-corrected chi connectivity index (χ2v) is 5.40. The van der Waals surface area contributed by atoms with Gasteiger partial charge in [-0.3, -0.25) is 0 Å². The van der Waals surface area contributed by atoms with Crippen LogP contribution in [0, 0.1) is 13.8 Å². The summed E-state index contributed by atoms with van der Waals surface area (Å²) < 4.78 is 11.0. The Bertz CT molecular complexity index is 396. The minimum Gasteiger partial charge on any atom is -0.491 e. The molecule has 2 N–H and O–H groups in total. The van der Waals surface area contributed by atoms with Crippen LogP contribution in [-0.4, -0.2) is 44.1 Å². The summed E-state index contributed by atoms with van der Waals surface area (Å²) in [7, 11) is 0. The molecule has 0 aromatic heterocycles. The smallest absolute Gasteiger partial charge is 0.122 e. The lowest BCUT2D eigenvalue weighted by Gasteiger charge is -2.15. The van der Waals surface area contributed by atoms with E-state index < -0.39 is 6.10 Å². The van der Waals surface area contributed by atoms with E-state index in [9.17, 15) is 5.11 Å². The van der Waals surface area contributed by atoms with Gasteiger partial charge in [0.25, 0.3) is 0 Å². The summed E-state index contributed by atoms with van der Waals surface area (Å²) in [5.74, 6) is 0.840. The van der Waals surface area contributed by atoms with Gasteiger partial charge in [-0.05, 0) is 44.9 Å². The molecular formula is C17H29NO3. The van der Waals surface area contributed by atoms with Crippen LogP contribution in [0.5, 0.6) is 5.75 Å². The molecule has 0 heterocycles. The summed E-state index contributed by atoms with van der Waals surface area (Å²) >= 11 is 0. The minimum absolute atomic E-state index is 0.309. The lowest BCUT2D eigenvalue weighted by molar-refractivity contribution is 0.103. The first-order chi connectivity index (χ1) is 10.1. The summed E-state index contributed by atoms with van der Waals surface area (Å²) in [4.78, 5) is 0. The van der Waals surface area contributed by atoms with Crippen LogP contribution in [0.4, 0.5) is 0 Å². The Balaban J connectivity index is 2.09. The standard InChI is InChI=1S/C17H29NO3/c1-4-9-20-10-5-8-18-12-16(19)13-21-17-7-6-14(2)11-15(17)3/h6-7,11,16,18-19H,4-5,8-10,12-13H2,1-3H3.